The molecule has 1 aromatic carbocycles. The monoisotopic (exact) mass is 525 g/mol. The molecule has 3 heterocycles. The average molecular weight is 526 g/mol. The molecular weight excluding hydrogens is 498 g/mol. The van der Waals surface area contributed by atoms with Crippen LogP contribution in [-0.2, 0) is 23.7 Å². The van der Waals surface area contributed by atoms with Crippen molar-refractivity contribution in [2.45, 2.75) is 51.5 Å². The van der Waals surface area contributed by atoms with E-state index in [2.05, 4.69) is 15.0 Å². The van der Waals surface area contributed by atoms with Crippen LogP contribution < -0.4 is 5.49 Å². The second-order valence-corrected chi connectivity index (χ2v) is 9.06. The minimum absolute atomic E-state index is 0. The topological polar surface area (TPSA) is 63.4 Å². The van der Waals surface area contributed by atoms with Crippen molar-refractivity contribution in [3.05, 3.63) is 64.7 Å². The Balaban J connectivity index is 0.00000361. The fourth-order valence-electron chi connectivity index (χ4n) is 4.63. The summed E-state index contributed by atoms with van der Waals surface area (Å²) in [6, 6.07) is 5.05. The predicted molar refractivity (Wildman–Crippen MR) is 130 cm³/mol. The van der Waals surface area contributed by atoms with E-state index in [-0.39, 0.29) is 42.4 Å². The fourth-order valence-corrected chi connectivity index (χ4v) is 4.63. The van der Waals surface area contributed by atoms with Gasteiger partial charge >= 0.3 is 6.18 Å². The number of alkyl halides is 4. The van der Waals surface area contributed by atoms with Crippen molar-refractivity contribution in [2.75, 3.05) is 13.1 Å². The van der Waals surface area contributed by atoms with Crippen LogP contribution >= 0.6 is 12.4 Å². The van der Waals surface area contributed by atoms with Gasteiger partial charge in [0, 0.05) is 45.3 Å². The van der Waals surface area contributed by atoms with Gasteiger partial charge in [0.25, 0.3) is 0 Å². The van der Waals surface area contributed by atoms with Crippen LogP contribution in [0.15, 0.2) is 41.8 Å². The van der Waals surface area contributed by atoms with Crippen molar-refractivity contribution in [1.29, 1.82) is 0 Å². The molecule has 0 aliphatic carbocycles. The Kier molecular flexibility index (Phi) is 7.78. The number of piperidine rings is 1. The summed E-state index contributed by atoms with van der Waals surface area (Å²) in [4.78, 5) is 26.6. The van der Waals surface area contributed by atoms with Gasteiger partial charge in [0.15, 0.2) is 11.2 Å². The minimum atomic E-state index is -4.46. The predicted octanol–water partition coefficient (Wildman–Crippen LogP) is 5.19. The maximum atomic E-state index is 15.9. The Bertz CT molecular complexity index is 1350. The second kappa shape index (κ2) is 10.2. The summed E-state index contributed by atoms with van der Waals surface area (Å²) in [7, 11) is 1.78. The number of halogens is 5. The molecule has 194 valence electrons. The van der Waals surface area contributed by atoms with Crippen LogP contribution in [0.25, 0.3) is 10.9 Å². The Hall–Kier alpha value is -3.01. The number of carbonyl (C=O) groups excluding carboxylic acids is 1. The molecule has 0 spiro atoms. The molecule has 3 aromatic rings. The number of hydrogen-bond donors (Lipinski definition) is 0. The van der Waals surface area contributed by atoms with Crippen LogP contribution in [-0.4, -0.2) is 38.4 Å². The molecule has 1 amide bonds. The van der Waals surface area contributed by atoms with Crippen LogP contribution in [0.5, 0.6) is 0 Å². The summed E-state index contributed by atoms with van der Waals surface area (Å²) in [5.41, 5.74) is -0.636. The van der Waals surface area contributed by atoms with Gasteiger partial charge in [-0.1, -0.05) is 12.1 Å². The van der Waals surface area contributed by atoms with Gasteiger partial charge < -0.3 is 9.47 Å². The summed E-state index contributed by atoms with van der Waals surface area (Å²) in [6.45, 7) is 5.21. The van der Waals surface area contributed by atoms with E-state index in [1.165, 1.54) is 19.9 Å². The molecule has 0 N–H and O–H groups in total. The Morgan fingerprint density at radius 1 is 1.19 bits per heavy atom. The highest BCUT2D eigenvalue weighted by Crippen LogP contribution is 2.37. The van der Waals surface area contributed by atoms with Gasteiger partial charge in [-0.15, -0.1) is 12.4 Å². The molecule has 0 radical (unpaired) electrons. The van der Waals surface area contributed by atoms with E-state index < -0.39 is 23.5 Å². The molecule has 1 aliphatic rings. The number of carbonyl (C=O) groups is 1. The molecule has 1 atom stereocenters. The van der Waals surface area contributed by atoms with Crippen molar-refractivity contribution in [3.8, 4) is 0 Å². The van der Waals surface area contributed by atoms with Crippen molar-refractivity contribution >= 4 is 29.2 Å². The van der Waals surface area contributed by atoms with Crippen molar-refractivity contribution < 1.29 is 22.4 Å². The van der Waals surface area contributed by atoms with Gasteiger partial charge in [-0.2, -0.15) is 13.2 Å². The molecule has 4 rings (SSSR count). The van der Waals surface area contributed by atoms with Crippen LogP contribution in [0.2, 0.25) is 0 Å². The van der Waals surface area contributed by atoms with E-state index in [0.717, 1.165) is 6.07 Å². The molecule has 0 saturated carbocycles. The minimum Gasteiger partial charge on any atom is -0.343 e. The Morgan fingerprint density at radius 3 is 2.47 bits per heavy atom. The van der Waals surface area contributed by atoms with Crippen LogP contribution in [0.1, 0.15) is 55.1 Å². The maximum Gasteiger partial charge on any atom is 0.416 e. The average Bonchev–Trinajstić information content (AvgIpc) is 2.80. The number of likely N-dealkylation sites (tertiary alicyclic amines) is 1. The fraction of sp³-hybridized carbons (Fsp3) is 0.440. The third kappa shape index (κ3) is 5.23. The second-order valence-electron chi connectivity index (χ2n) is 9.06. The van der Waals surface area contributed by atoms with E-state index >= 15 is 4.39 Å². The van der Waals surface area contributed by atoms with E-state index in [1.807, 2.05) is 0 Å². The van der Waals surface area contributed by atoms with Crippen LogP contribution in [0.4, 0.5) is 17.6 Å². The number of aromatic nitrogens is 3. The number of nitrogens with zero attached hydrogens (tertiary/aromatic N) is 5. The number of aryl methyl sites for hydroxylation is 1. The van der Waals surface area contributed by atoms with E-state index in [4.69, 9.17) is 0 Å². The highest BCUT2D eigenvalue weighted by Gasteiger charge is 2.38. The lowest BCUT2D eigenvalue weighted by atomic mass is 9.89. The molecule has 36 heavy (non-hydrogen) atoms. The largest absolute Gasteiger partial charge is 0.416 e. The smallest absolute Gasteiger partial charge is 0.343 e. The third-order valence-electron chi connectivity index (χ3n) is 6.76. The Labute approximate surface area is 212 Å². The maximum absolute atomic E-state index is 15.9. The zero-order chi connectivity index (χ0) is 25.5. The summed E-state index contributed by atoms with van der Waals surface area (Å²) in [6.07, 6.45) is -1.10. The first-order valence-electron chi connectivity index (χ1n) is 11.4. The van der Waals surface area contributed by atoms with Crippen molar-refractivity contribution in [1.82, 2.24) is 19.4 Å². The molecular formula is C25H28ClF4N5O. The van der Waals surface area contributed by atoms with E-state index in [9.17, 15) is 18.0 Å². The number of rotatable bonds is 3. The number of hydrogen-bond acceptors (Lipinski definition) is 4. The zero-order valence-electron chi connectivity index (χ0n) is 20.4. The lowest BCUT2D eigenvalue weighted by Crippen LogP contribution is -2.42. The standard InChI is InChI=1S/C25H27F4N5O.ClH/c1-15-18(6-5-7-20(15)25(27,28)29)16(2)32-23-19-12-22(30-13-21(19)33(4)14-31-23)24(26)8-10-34(11-9-24)17(3)35;/h5-7,12-14,16H,8-11H2,1-4H3;1H/t16-;/m1./s1. The van der Waals surface area contributed by atoms with Gasteiger partial charge in [0.2, 0.25) is 5.91 Å². The normalized spacial score (nSPS) is 17.1. The first kappa shape index (κ1) is 27.6. The summed E-state index contributed by atoms with van der Waals surface area (Å²) >= 11 is 0. The molecule has 1 fully saturated rings. The first-order chi connectivity index (χ1) is 16.4. The first-order valence-corrected chi connectivity index (χ1v) is 11.4. The van der Waals surface area contributed by atoms with Crippen molar-refractivity contribution in [3.63, 3.8) is 0 Å². The van der Waals surface area contributed by atoms with E-state index in [0.29, 0.717) is 35.0 Å². The quantitative estimate of drug-likeness (QED) is 0.442. The van der Waals surface area contributed by atoms with Crippen molar-refractivity contribution in [2.24, 2.45) is 12.0 Å². The SMILES string of the molecule is CC(=O)N1CCC(F)(c2cc3c(=N[C@H](C)c4cccc(C(F)(F)F)c4C)ncn(C)c3cn2)CC1.Cl. The van der Waals surface area contributed by atoms with Gasteiger partial charge in [0.05, 0.1) is 35.3 Å². The molecule has 11 heteroatoms. The summed E-state index contributed by atoms with van der Waals surface area (Å²) in [5, 5.41) is 0.558. The molecule has 0 bridgehead atoms. The summed E-state index contributed by atoms with van der Waals surface area (Å²) in [5.74, 6) is -0.0882. The third-order valence-corrected chi connectivity index (χ3v) is 6.76. The zero-order valence-corrected chi connectivity index (χ0v) is 21.3. The summed E-state index contributed by atoms with van der Waals surface area (Å²) < 4.78 is 57.8. The van der Waals surface area contributed by atoms with E-state index in [1.54, 1.807) is 48.1 Å². The number of pyridine rings is 1. The molecule has 2 aromatic heterocycles. The van der Waals surface area contributed by atoms with Crippen LogP contribution in [0, 0.1) is 6.92 Å². The van der Waals surface area contributed by atoms with Gasteiger partial charge in [-0.25, -0.2) is 9.37 Å². The Morgan fingerprint density at radius 2 is 1.86 bits per heavy atom. The van der Waals surface area contributed by atoms with Crippen LogP contribution in [0.3, 0.4) is 0 Å². The van der Waals surface area contributed by atoms with Gasteiger partial charge in [0.1, 0.15) is 0 Å². The lowest BCUT2D eigenvalue weighted by molar-refractivity contribution is -0.138. The van der Waals surface area contributed by atoms with Gasteiger partial charge in [-0.05, 0) is 37.1 Å². The highest BCUT2D eigenvalue weighted by atomic mass is 35.5. The molecule has 6 nitrogen and oxygen atoms in total. The molecule has 1 aliphatic heterocycles. The van der Waals surface area contributed by atoms with Gasteiger partial charge in [-0.3, -0.25) is 14.8 Å². The molecule has 0 unspecified atom stereocenters. The number of fused-ring (bicyclic) bond motifs is 1. The molecule has 1 saturated heterocycles. The number of benzene rings is 1. The number of amides is 1. The lowest BCUT2D eigenvalue weighted by Gasteiger charge is -2.35. The highest BCUT2D eigenvalue weighted by molar-refractivity contribution is 5.85.